The van der Waals surface area contributed by atoms with Crippen LogP contribution in [0.4, 0.5) is 4.79 Å². The molecule has 1 heterocycles. The minimum Gasteiger partial charge on any atom is -0.334 e. The van der Waals surface area contributed by atoms with E-state index in [-0.39, 0.29) is 11.8 Å². The average Bonchev–Trinajstić information content (AvgIpc) is 3.02. The third kappa shape index (κ3) is 5.38. The average molecular weight is 347 g/mol. The molecular weight excluding hydrogens is 326 g/mol. The maximum absolute atomic E-state index is 12.1. The lowest BCUT2D eigenvalue weighted by Gasteiger charge is -2.10. The molecule has 2 aromatic rings. The molecule has 0 aliphatic heterocycles. The number of carbonyl (C=O) groups excluding carboxylic acids is 2. The number of benzene rings is 1. The molecule has 0 unspecified atom stereocenters. The molecule has 2 rings (SSSR count). The number of H-pyrrole nitrogens is 1. The summed E-state index contributed by atoms with van der Waals surface area (Å²) in [5.74, 6) is 0.618. The van der Waals surface area contributed by atoms with E-state index < -0.39 is 11.3 Å². The van der Waals surface area contributed by atoms with Crippen molar-refractivity contribution in [3.8, 4) is 0 Å². The van der Waals surface area contributed by atoms with Crippen molar-refractivity contribution >= 4 is 23.7 Å². The van der Waals surface area contributed by atoms with Gasteiger partial charge in [-0.1, -0.05) is 55.9 Å². The Balaban J connectivity index is 1.78. The summed E-state index contributed by atoms with van der Waals surface area (Å²) in [6.07, 6.45) is 0. The van der Waals surface area contributed by atoms with Gasteiger partial charge in [0.25, 0.3) is 0 Å². The first-order valence-electron chi connectivity index (χ1n) is 7.67. The molecule has 0 bridgehead atoms. The summed E-state index contributed by atoms with van der Waals surface area (Å²) in [5, 5.41) is 11.9. The Labute approximate surface area is 145 Å². The van der Waals surface area contributed by atoms with Gasteiger partial charge in [-0.25, -0.2) is 9.78 Å². The van der Waals surface area contributed by atoms with Crippen LogP contribution < -0.4 is 10.6 Å². The van der Waals surface area contributed by atoms with Crippen LogP contribution in [0.15, 0.2) is 35.5 Å². The summed E-state index contributed by atoms with van der Waals surface area (Å²) >= 11 is 1.20. The fourth-order valence-corrected chi connectivity index (χ4v) is 2.55. The Morgan fingerprint density at radius 3 is 2.54 bits per heavy atom. The topological polar surface area (TPSA) is 99.8 Å². The van der Waals surface area contributed by atoms with Crippen molar-refractivity contribution < 1.29 is 9.59 Å². The van der Waals surface area contributed by atoms with Gasteiger partial charge < -0.3 is 5.32 Å². The molecule has 0 saturated heterocycles. The van der Waals surface area contributed by atoms with Crippen LogP contribution in [0.3, 0.4) is 0 Å². The highest BCUT2D eigenvalue weighted by molar-refractivity contribution is 8.00. The molecule has 1 aromatic carbocycles. The van der Waals surface area contributed by atoms with E-state index >= 15 is 0 Å². The number of urea groups is 1. The first-order valence-corrected chi connectivity index (χ1v) is 8.55. The molecule has 0 saturated carbocycles. The Bertz CT molecular complexity index is 687. The standard InChI is InChI=1S/C16H21N5O2S/c1-10(2)13-18-16(21-20-13)24-11(3)14(22)19-15(23)17-9-12-7-5-4-6-8-12/h4-8,10-11H,9H2,1-3H3,(H,18,20,21)(H2,17,19,22,23)/t11-/m1/s1. The molecule has 8 heteroatoms. The van der Waals surface area contributed by atoms with Crippen LogP contribution in [0.2, 0.25) is 0 Å². The van der Waals surface area contributed by atoms with Gasteiger partial charge in [0.2, 0.25) is 11.1 Å². The van der Waals surface area contributed by atoms with Crippen LogP contribution in [0, 0.1) is 0 Å². The Morgan fingerprint density at radius 1 is 1.21 bits per heavy atom. The minimum absolute atomic E-state index is 0.236. The van der Waals surface area contributed by atoms with Gasteiger partial charge in [0, 0.05) is 12.5 Å². The first kappa shape index (κ1) is 18.0. The van der Waals surface area contributed by atoms with E-state index in [9.17, 15) is 9.59 Å². The summed E-state index contributed by atoms with van der Waals surface area (Å²) in [6, 6.07) is 8.96. The molecule has 3 amide bonds. The van der Waals surface area contributed by atoms with Crippen LogP contribution in [0.1, 0.15) is 38.1 Å². The number of aromatic amines is 1. The van der Waals surface area contributed by atoms with Gasteiger partial charge in [-0.3, -0.25) is 15.2 Å². The van der Waals surface area contributed by atoms with Gasteiger partial charge in [0.15, 0.2) is 0 Å². The number of carbonyl (C=O) groups is 2. The molecule has 0 spiro atoms. The summed E-state index contributed by atoms with van der Waals surface area (Å²) in [5.41, 5.74) is 0.962. The number of nitrogens with one attached hydrogen (secondary N) is 3. The quantitative estimate of drug-likeness (QED) is 0.697. The number of hydrogen-bond donors (Lipinski definition) is 3. The molecule has 1 aromatic heterocycles. The van der Waals surface area contributed by atoms with Crippen molar-refractivity contribution in [2.45, 2.75) is 43.6 Å². The molecule has 0 radical (unpaired) electrons. The second-order valence-corrected chi connectivity index (χ2v) is 6.88. The second kappa shape index (κ2) is 8.49. The highest BCUT2D eigenvalue weighted by Gasteiger charge is 2.19. The van der Waals surface area contributed by atoms with E-state index in [1.807, 2.05) is 44.2 Å². The first-order chi connectivity index (χ1) is 11.5. The van der Waals surface area contributed by atoms with Crippen molar-refractivity contribution in [1.29, 1.82) is 0 Å². The zero-order valence-corrected chi connectivity index (χ0v) is 14.7. The summed E-state index contributed by atoms with van der Waals surface area (Å²) in [6.45, 7) is 6.07. The van der Waals surface area contributed by atoms with E-state index in [4.69, 9.17) is 0 Å². The largest absolute Gasteiger partial charge is 0.334 e. The van der Waals surface area contributed by atoms with Crippen LogP contribution in [-0.4, -0.2) is 32.4 Å². The van der Waals surface area contributed by atoms with E-state index in [0.29, 0.717) is 11.7 Å². The number of rotatable bonds is 6. The van der Waals surface area contributed by atoms with Crippen molar-refractivity contribution in [1.82, 2.24) is 25.8 Å². The normalized spacial score (nSPS) is 12.0. The van der Waals surface area contributed by atoms with Gasteiger partial charge in [0.1, 0.15) is 5.82 Å². The van der Waals surface area contributed by atoms with Gasteiger partial charge in [-0.15, -0.1) is 5.10 Å². The molecule has 0 aliphatic rings. The van der Waals surface area contributed by atoms with Crippen molar-refractivity contribution in [2.24, 2.45) is 0 Å². The van der Waals surface area contributed by atoms with Crippen LogP contribution in [0.25, 0.3) is 0 Å². The monoisotopic (exact) mass is 347 g/mol. The highest BCUT2D eigenvalue weighted by atomic mass is 32.2. The number of thioether (sulfide) groups is 1. The zero-order valence-electron chi connectivity index (χ0n) is 13.9. The zero-order chi connectivity index (χ0) is 17.5. The highest BCUT2D eigenvalue weighted by Crippen LogP contribution is 2.20. The molecule has 3 N–H and O–H groups in total. The Hall–Kier alpha value is -2.35. The fraction of sp³-hybridized carbons (Fsp3) is 0.375. The smallest absolute Gasteiger partial charge is 0.321 e. The summed E-state index contributed by atoms with van der Waals surface area (Å²) < 4.78 is 0. The molecular formula is C16H21N5O2S. The third-order valence-corrected chi connectivity index (χ3v) is 4.17. The van der Waals surface area contributed by atoms with E-state index in [2.05, 4.69) is 25.8 Å². The van der Waals surface area contributed by atoms with Gasteiger partial charge >= 0.3 is 6.03 Å². The van der Waals surface area contributed by atoms with Crippen molar-refractivity contribution in [3.63, 3.8) is 0 Å². The predicted molar refractivity (Wildman–Crippen MR) is 92.6 cm³/mol. The SMILES string of the molecule is CC(C)c1nc(S[C@H](C)C(=O)NC(=O)NCc2ccccc2)n[nH]1. The molecule has 0 aliphatic carbocycles. The molecule has 1 atom stereocenters. The Morgan fingerprint density at radius 2 is 1.92 bits per heavy atom. The Kier molecular flexibility index (Phi) is 6.36. The van der Waals surface area contributed by atoms with Crippen LogP contribution >= 0.6 is 11.8 Å². The lowest BCUT2D eigenvalue weighted by atomic mass is 10.2. The van der Waals surface area contributed by atoms with Gasteiger partial charge in [0.05, 0.1) is 5.25 Å². The number of hydrogen-bond acceptors (Lipinski definition) is 5. The summed E-state index contributed by atoms with van der Waals surface area (Å²) in [4.78, 5) is 28.1. The van der Waals surface area contributed by atoms with Gasteiger partial charge in [-0.2, -0.15) is 0 Å². The number of nitrogens with zero attached hydrogens (tertiary/aromatic N) is 2. The van der Waals surface area contributed by atoms with Crippen LogP contribution in [-0.2, 0) is 11.3 Å². The van der Waals surface area contributed by atoms with Gasteiger partial charge in [-0.05, 0) is 12.5 Å². The lowest BCUT2D eigenvalue weighted by molar-refractivity contribution is -0.119. The number of amides is 3. The minimum atomic E-state index is -0.519. The number of aromatic nitrogens is 3. The van der Waals surface area contributed by atoms with Crippen molar-refractivity contribution in [3.05, 3.63) is 41.7 Å². The molecule has 7 nitrogen and oxygen atoms in total. The fourth-order valence-electron chi connectivity index (χ4n) is 1.82. The van der Waals surface area contributed by atoms with Crippen molar-refractivity contribution in [2.75, 3.05) is 0 Å². The molecule has 24 heavy (non-hydrogen) atoms. The maximum Gasteiger partial charge on any atom is 0.321 e. The van der Waals surface area contributed by atoms with E-state index in [1.54, 1.807) is 6.92 Å². The second-order valence-electron chi connectivity index (χ2n) is 5.58. The molecule has 0 fully saturated rings. The predicted octanol–water partition coefficient (Wildman–Crippen LogP) is 2.43. The molecule has 128 valence electrons. The maximum atomic E-state index is 12.1. The summed E-state index contributed by atoms with van der Waals surface area (Å²) in [7, 11) is 0. The third-order valence-electron chi connectivity index (χ3n) is 3.21. The van der Waals surface area contributed by atoms with E-state index in [1.165, 1.54) is 11.8 Å². The van der Waals surface area contributed by atoms with E-state index in [0.717, 1.165) is 11.4 Å². The van der Waals surface area contributed by atoms with Crippen LogP contribution in [0.5, 0.6) is 0 Å². The lowest BCUT2D eigenvalue weighted by Crippen LogP contribution is -2.42. The number of imide groups is 1.